The smallest absolute Gasteiger partial charge is 0.325 e. The van der Waals surface area contributed by atoms with Crippen molar-refractivity contribution in [3.8, 4) is 0 Å². The van der Waals surface area contributed by atoms with Gasteiger partial charge in [-0.25, -0.2) is 4.79 Å². The zero-order valence-corrected chi connectivity index (χ0v) is 19.3. The van der Waals surface area contributed by atoms with E-state index in [2.05, 4.69) is 5.32 Å². The maximum atomic E-state index is 13.6. The van der Waals surface area contributed by atoms with E-state index in [4.69, 9.17) is 0 Å². The van der Waals surface area contributed by atoms with Crippen molar-refractivity contribution in [3.05, 3.63) is 108 Å². The van der Waals surface area contributed by atoms with Gasteiger partial charge in [-0.15, -0.1) is 0 Å². The summed E-state index contributed by atoms with van der Waals surface area (Å²) in [4.78, 5) is 42.7. The van der Waals surface area contributed by atoms with Gasteiger partial charge in [-0.3, -0.25) is 14.5 Å². The normalized spacial score (nSPS) is 17.5. The molecule has 1 aliphatic heterocycles. The van der Waals surface area contributed by atoms with Crippen molar-refractivity contribution in [2.24, 2.45) is 0 Å². The molecular weight excluding hydrogens is 426 g/mol. The number of nitrogens with one attached hydrogen (secondary N) is 1. The number of carbonyl (C=O) groups is 3. The Kier molecular flexibility index (Phi) is 7.07. The van der Waals surface area contributed by atoms with E-state index in [9.17, 15) is 14.4 Å². The Hall–Kier alpha value is -3.93. The fourth-order valence-electron chi connectivity index (χ4n) is 4.45. The SMILES string of the molecule is CCC[C@]1(c2ccccc2)NC(=O)N(CC(=O)N(Cc2ccccc2)Cc2ccccc2)C1=O. The first-order valence-electron chi connectivity index (χ1n) is 11.6. The maximum Gasteiger partial charge on any atom is 0.325 e. The summed E-state index contributed by atoms with van der Waals surface area (Å²) in [5.74, 6) is -0.658. The predicted molar refractivity (Wildman–Crippen MR) is 130 cm³/mol. The number of rotatable bonds is 9. The molecule has 0 spiro atoms. The van der Waals surface area contributed by atoms with E-state index in [0.29, 0.717) is 25.9 Å². The first kappa shape index (κ1) is 23.2. The van der Waals surface area contributed by atoms with Gasteiger partial charge < -0.3 is 10.2 Å². The number of carbonyl (C=O) groups excluding carboxylic acids is 3. The van der Waals surface area contributed by atoms with Gasteiger partial charge in [-0.2, -0.15) is 0 Å². The molecule has 6 nitrogen and oxygen atoms in total. The molecule has 0 unspecified atom stereocenters. The summed E-state index contributed by atoms with van der Waals surface area (Å²) < 4.78 is 0. The molecule has 0 radical (unpaired) electrons. The van der Waals surface area contributed by atoms with Crippen LogP contribution >= 0.6 is 0 Å². The highest BCUT2D eigenvalue weighted by Crippen LogP contribution is 2.33. The molecule has 1 heterocycles. The van der Waals surface area contributed by atoms with Crippen LogP contribution in [0.25, 0.3) is 0 Å². The lowest BCUT2D eigenvalue weighted by Crippen LogP contribution is -2.45. The van der Waals surface area contributed by atoms with Crippen molar-refractivity contribution < 1.29 is 14.4 Å². The van der Waals surface area contributed by atoms with Crippen LogP contribution in [-0.4, -0.2) is 34.2 Å². The van der Waals surface area contributed by atoms with Gasteiger partial charge in [-0.1, -0.05) is 104 Å². The van der Waals surface area contributed by atoms with Crippen molar-refractivity contribution in [2.75, 3.05) is 6.54 Å². The third-order valence-corrected chi connectivity index (χ3v) is 6.15. The molecule has 0 saturated carbocycles. The van der Waals surface area contributed by atoms with Crippen LogP contribution in [0.3, 0.4) is 0 Å². The molecule has 4 rings (SSSR count). The molecule has 1 N–H and O–H groups in total. The third kappa shape index (κ3) is 4.86. The Balaban J connectivity index is 1.57. The van der Waals surface area contributed by atoms with Crippen molar-refractivity contribution in [1.82, 2.24) is 15.1 Å². The second kappa shape index (κ2) is 10.3. The standard InChI is InChI=1S/C28H29N3O3/c1-2-18-28(24-16-10-5-11-17-24)26(33)31(27(34)29-28)21-25(32)30(19-22-12-6-3-7-13-22)20-23-14-8-4-9-15-23/h3-17H,2,18-21H2,1H3,(H,29,34)/t28-/m1/s1. The lowest BCUT2D eigenvalue weighted by atomic mass is 9.85. The Morgan fingerprint density at radius 1 is 0.824 bits per heavy atom. The van der Waals surface area contributed by atoms with Crippen LogP contribution in [0, 0.1) is 0 Å². The van der Waals surface area contributed by atoms with E-state index in [-0.39, 0.29) is 18.4 Å². The number of benzene rings is 3. The van der Waals surface area contributed by atoms with E-state index in [1.54, 1.807) is 4.90 Å². The molecular formula is C28H29N3O3. The van der Waals surface area contributed by atoms with Crippen LogP contribution in [0.1, 0.15) is 36.5 Å². The highest BCUT2D eigenvalue weighted by atomic mass is 16.2. The molecule has 0 bridgehead atoms. The molecule has 34 heavy (non-hydrogen) atoms. The number of imide groups is 1. The molecule has 174 valence electrons. The highest BCUT2D eigenvalue weighted by Gasteiger charge is 2.52. The van der Waals surface area contributed by atoms with Gasteiger partial charge in [0, 0.05) is 13.1 Å². The summed E-state index contributed by atoms with van der Waals surface area (Å²) in [7, 11) is 0. The topological polar surface area (TPSA) is 69.7 Å². The molecule has 6 heteroatoms. The molecule has 1 aliphatic rings. The molecule has 1 fully saturated rings. The van der Waals surface area contributed by atoms with Gasteiger partial charge >= 0.3 is 6.03 Å². The van der Waals surface area contributed by atoms with Crippen LogP contribution in [0.5, 0.6) is 0 Å². The van der Waals surface area contributed by atoms with Gasteiger partial charge in [0.05, 0.1) is 0 Å². The fourth-order valence-corrected chi connectivity index (χ4v) is 4.45. The first-order valence-corrected chi connectivity index (χ1v) is 11.6. The lowest BCUT2D eigenvalue weighted by molar-refractivity contribution is -0.140. The van der Waals surface area contributed by atoms with Crippen LogP contribution in [-0.2, 0) is 28.2 Å². The van der Waals surface area contributed by atoms with Crippen molar-refractivity contribution in [2.45, 2.75) is 38.4 Å². The van der Waals surface area contributed by atoms with Crippen LogP contribution in [0.2, 0.25) is 0 Å². The average Bonchev–Trinajstić information content (AvgIpc) is 3.10. The molecule has 0 aromatic heterocycles. The van der Waals surface area contributed by atoms with Gasteiger partial charge in [-0.05, 0) is 23.1 Å². The van der Waals surface area contributed by atoms with Crippen molar-refractivity contribution >= 4 is 17.8 Å². The highest BCUT2D eigenvalue weighted by molar-refractivity contribution is 6.09. The minimum atomic E-state index is -1.14. The summed E-state index contributed by atoms with van der Waals surface area (Å²) in [5.41, 5.74) is 1.55. The summed E-state index contributed by atoms with van der Waals surface area (Å²) >= 11 is 0. The van der Waals surface area contributed by atoms with Crippen LogP contribution < -0.4 is 5.32 Å². The Bertz CT molecular complexity index is 1090. The molecule has 4 amide bonds. The predicted octanol–water partition coefficient (Wildman–Crippen LogP) is 4.46. The third-order valence-electron chi connectivity index (χ3n) is 6.15. The number of nitrogens with zero attached hydrogens (tertiary/aromatic N) is 2. The van der Waals surface area contributed by atoms with E-state index >= 15 is 0 Å². The number of urea groups is 1. The lowest BCUT2D eigenvalue weighted by Gasteiger charge is -2.28. The van der Waals surface area contributed by atoms with Gasteiger partial charge in [0.1, 0.15) is 12.1 Å². The summed E-state index contributed by atoms with van der Waals surface area (Å²) in [6, 6.07) is 28.1. The van der Waals surface area contributed by atoms with Crippen molar-refractivity contribution in [1.29, 1.82) is 0 Å². The average molecular weight is 456 g/mol. The van der Waals surface area contributed by atoms with E-state index in [1.807, 2.05) is 97.9 Å². The van der Waals surface area contributed by atoms with Gasteiger partial charge in [0.25, 0.3) is 5.91 Å². The Labute approximate surface area is 200 Å². The quantitative estimate of drug-likeness (QED) is 0.484. The zero-order chi connectivity index (χ0) is 24.0. The van der Waals surface area contributed by atoms with E-state index < -0.39 is 11.6 Å². The largest absolute Gasteiger partial charge is 0.332 e. The molecule has 3 aromatic carbocycles. The fraction of sp³-hybridized carbons (Fsp3) is 0.250. The summed E-state index contributed by atoms with van der Waals surface area (Å²) in [5, 5.41) is 2.89. The zero-order valence-electron chi connectivity index (χ0n) is 19.3. The minimum absolute atomic E-state index is 0.281. The molecule has 1 saturated heterocycles. The summed E-state index contributed by atoms with van der Waals surface area (Å²) in [6.45, 7) is 2.44. The van der Waals surface area contributed by atoms with Crippen molar-refractivity contribution in [3.63, 3.8) is 0 Å². The Morgan fingerprint density at radius 2 is 1.32 bits per heavy atom. The maximum absolute atomic E-state index is 13.6. The number of amides is 4. The molecule has 3 aromatic rings. The summed E-state index contributed by atoms with van der Waals surface area (Å²) in [6.07, 6.45) is 1.17. The second-order valence-electron chi connectivity index (χ2n) is 8.56. The molecule has 1 atom stereocenters. The number of hydrogen-bond acceptors (Lipinski definition) is 3. The van der Waals surface area contributed by atoms with Crippen LogP contribution in [0.15, 0.2) is 91.0 Å². The molecule has 0 aliphatic carbocycles. The van der Waals surface area contributed by atoms with Gasteiger partial charge in [0.15, 0.2) is 0 Å². The first-order chi connectivity index (χ1) is 16.5. The monoisotopic (exact) mass is 455 g/mol. The minimum Gasteiger partial charge on any atom is -0.332 e. The second-order valence-corrected chi connectivity index (χ2v) is 8.56. The van der Waals surface area contributed by atoms with Gasteiger partial charge in [0.2, 0.25) is 5.91 Å². The van der Waals surface area contributed by atoms with E-state index in [1.165, 1.54) is 0 Å². The van der Waals surface area contributed by atoms with Crippen LogP contribution in [0.4, 0.5) is 4.79 Å². The Morgan fingerprint density at radius 3 is 1.82 bits per heavy atom. The number of hydrogen-bond donors (Lipinski definition) is 1. The van der Waals surface area contributed by atoms with E-state index in [0.717, 1.165) is 21.6 Å².